The Morgan fingerprint density at radius 1 is 1.19 bits per heavy atom. The number of aryl methyl sites for hydroxylation is 1. The van der Waals surface area contributed by atoms with Gasteiger partial charge in [-0.1, -0.05) is 36.4 Å². The molecule has 1 aliphatic carbocycles. The van der Waals surface area contributed by atoms with E-state index in [1.807, 2.05) is 31.2 Å². The molecule has 0 fully saturated rings. The number of anilines is 1. The summed E-state index contributed by atoms with van der Waals surface area (Å²) in [5.41, 5.74) is 4.86. The molecule has 3 heteroatoms. The van der Waals surface area contributed by atoms with Crippen LogP contribution in [0.3, 0.4) is 0 Å². The summed E-state index contributed by atoms with van der Waals surface area (Å²) in [6.07, 6.45) is 1.11. The Kier molecular flexibility index (Phi) is 4.02. The van der Waals surface area contributed by atoms with Gasteiger partial charge in [0, 0.05) is 18.2 Å². The molecule has 1 amide bonds. The highest BCUT2D eigenvalue weighted by Crippen LogP contribution is 2.33. The van der Waals surface area contributed by atoms with Crippen LogP contribution in [0.25, 0.3) is 0 Å². The standard InChI is InChI=1S/C18H20N2O/c1-13-5-4-7-16(9-13)20-18(21)12-19-11-15-10-14-6-2-3-8-17(14)15/h2-9,15,19H,10-12H2,1H3,(H,20,21). The van der Waals surface area contributed by atoms with E-state index in [9.17, 15) is 4.79 Å². The first kappa shape index (κ1) is 13.8. The summed E-state index contributed by atoms with van der Waals surface area (Å²) < 4.78 is 0. The van der Waals surface area contributed by atoms with Gasteiger partial charge in [-0.05, 0) is 42.2 Å². The number of benzene rings is 2. The molecule has 1 unspecified atom stereocenters. The molecule has 0 saturated heterocycles. The fraction of sp³-hybridized carbons (Fsp3) is 0.278. The fourth-order valence-corrected chi connectivity index (χ4v) is 2.83. The zero-order chi connectivity index (χ0) is 14.7. The molecule has 2 aromatic carbocycles. The normalized spacial score (nSPS) is 16.0. The highest BCUT2D eigenvalue weighted by molar-refractivity contribution is 5.92. The lowest BCUT2D eigenvalue weighted by atomic mass is 9.78. The molecule has 3 nitrogen and oxygen atoms in total. The van der Waals surface area contributed by atoms with Gasteiger partial charge in [0.1, 0.15) is 0 Å². The highest BCUT2D eigenvalue weighted by atomic mass is 16.1. The molecule has 0 aromatic heterocycles. The molecular weight excluding hydrogens is 260 g/mol. The van der Waals surface area contributed by atoms with Crippen LogP contribution in [0, 0.1) is 6.92 Å². The van der Waals surface area contributed by atoms with E-state index in [0.29, 0.717) is 12.5 Å². The smallest absolute Gasteiger partial charge is 0.238 e. The quantitative estimate of drug-likeness (QED) is 0.884. The number of nitrogens with one attached hydrogen (secondary N) is 2. The van der Waals surface area contributed by atoms with Gasteiger partial charge < -0.3 is 10.6 Å². The molecule has 1 atom stereocenters. The van der Waals surface area contributed by atoms with E-state index in [4.69, 9.17) is 0 Å². The van der Waals surface area contributed by atoms with Gasteiger partial charge in [0.2, 0.25) is 5.91 Å². The van der Waals surface area contributed by atoms with Crippen molar-refractivity contribution in [3.8, 4) is 0 Å². The maximum Gasteiger partial charge on any atom is 0.238 e. The molecule has 0 aliphatic heterocycles. The number of hydrogen-bond donors (Lipinski definition) is 2. The third kappa shape index (κ3) is 3.31. The molecule has 0 heterocycles. The second kappa shape index (κ2) is 6.10. The lowest BCUT2D eigenvalue weighted by molar-refractivity contribution is -0.115. The van der Waals surface area contributed by atoms with E-state index < -0.39 is 0 Å². The minimum Gasteiger partial charge on any atom is -0.325 e. The molecule has 2 N–H and O–H groups in total. The number of carbonyl (C=O) groups is 1. The zero-order valence-corrected chi connectivity index (χ0v) is 12.2. The van der Waals surface area contributed by atoms with Gasteiger partial charge in [-0.15, -0.1) is 0 Å². The number of rotatable bonds is 5. The second-order valence-electron chi connectivity index (χ2n) is 5.65. The van der Waals surface area contributed by atoms with Crippen LogP contribution >= 0.6 is 0 Å². The molecule has 0 spiro atoms. The monoisotopic (exact) mass is 280 g/mol. The van der Waals surface area contributed by atoms with E-state index in [0.717, 1.165) is 24.2 Å². The Hall–Kier alpha value is -2.13. The highest BCUT2D eigenvalue weighted by Gasteiger charge is 2.24. The van der Waals surface area contributed by atoms with Crippen molar-refractivity contribution in [1.82, 2.24) is 5.32 Å². The van der Waals surface area contributed by atoms with E-state index in [2.05, 4.69) is 34.9 Å². The van der Waals surface area contributed by atoms with Crippen molar-refractivity contribution >= 4 is 11.6 Å². The molecule has 0 radical (unpaired) electrons. The van der Waals surface area contributed by atoms with Crippen LogP contribution in [-0.2, 0) is 11.2 Å². The molecule has 2 aromatic rings. The van der Waals surface area contributed by atoms with Crippen molar-refractivity contribution in [3.05, 3.63) is 65.2 Å². The Balaban J connectivity index is 1.43. The van der Waals surface area contributed by atoms with Crippen molar-refractivity contribution in [3.63, 3.8) is 0 Å². The molecule has 0 saturated carbocycles. The SMILES string of the molecule is Cc1cccc(NC(=O)CNCC2Cc3ccccc32)c1. The Labute approximate surface area is 125 Å². The number of fused-ring (bicyclic) bond motifs is 1. The van der Waals surface area contributed by atoms with Crippen LogP contribution in [0.1, 0.15) is 22.6 Å². The van der Waals surface area contributed by atoms with Crippen molar-refractivity contribution in [2.45, 2.75) is 19.3 Å². The largest absolute Gasteiger partial charge is 0.325 e. The minimum atomic E-state index is 0.00760. The summed E-state index contributed by atoms with van der Waals surface area (Å²) >= 11 is 0. The minimum absolute atomic E-state index is 0.00760. The van der Waals surface area contributed by atoms with Crippen LogP contribution in [0.4, 0.5) is 5.69 Å². The summed E-state index contributed by atoms with van der Waals surface area (Å²) in [5.74, 6) is 0.557. The van der Waals surface area contributed by atoms with Gasteiger partial charge in [0.15, 0.2) is 0 Å². The Morgan fingerprint density at radius 3 is 2.86 bits per heavy atom. The molecule has 21 heavy (non-hydrogen) atoms. The Bertz CT molecular complexity index is 651. The molecule has 1 aliphatic rings. The number of amides is 1. The first-order chi connectivity index (χ1) is 10.2. The summed E-state index contributed by atoms with van der Waals surface area (Å²) in [5, 5.41) is 6.16. The van der Waals surface area contributed by atoms with E-state index >= 15 is 0 Å². The first-order valence-electron chi connectivity index (χ1n) is 7.37. The van der Waals surface area contributed by atoms with Gasteiger partial charge >= 0.3 is 0 Å². The average Bonchev–Trinajstić information content (AvgIpc) is 2.44. The molecule has 0 bridgehead atoms. The first-order valence-corrected chi connectivity index (χ1v) is 7.37. The predicted molar refractivity (Wildman–Crippen MR) is 85.6 cm³/mol. The van der Waals surface area contributed by atoms with Gasteiger partial charge in [0.25, 0.3) is 0 Å². The maximum atomic E-state index is 11.9. The van der Waals surface area contributed by atoms with Crippen molar-refractivity contribution in [2.75, 3.05) is 18.4 Å². The van der Waals surface area contributed by atoms with E-state index in [1.165, 1.54) is 11.1 Å². The van der Waals surface area contributed by atoms with Crippen molar-refractivity contribution < 1.29 is 4.79 Å². The van der Waals surface area contributed by atoms with Gasteiger partial charge in [-0.2, -0.15) is 0 Å². The summed E-state index contributed by atoms with van der Waals surface area (Å²) in [6, 6.07) is 16.4. The van der Waals surface area contributed by atoms with Crippen LogP contribution in [-0.4, -0.2) is 19.0 Å². The molecule has 3 rings (SSSR count). The lowest BCUT2D eigenvalue weighted by Crippen LogP contribution is -2.34. The third-order valence-electron chi connectivity index (χ3n) is 3.94. The van der Waals surface area contributed by atoms with Gasteiger partial charge in [0.05, 0.1) is 6.54 Å². The van der Waals surface area contributed by atoms with Crippen LogP contribution in [0.2, 0.25) is 0 Å². The van der Waals surface area contributed by atoms with Crippen LogP contribution in [0.15, 0.2) is 48.5 Å². The summed E-state index contributed by atoms with van der Waals surface area (Å²) in [7, 11) is 0. The molecular formula is C18H20N2O. The van der Waals surface area contributed by atoms with Gasteiger partial charge in [-0.25, -0.2) is 0 Å². The summed E-state index contributed by atoms with van der Waals surface area (Å²) in [4.78, 5) is 11.9. The van der Waals surface area contributed by atoms with Crippen LogP contribution < -0.4 is 10.6 Å². The Morgan fingerprint density at radius 2 is 2.05 bits per heavy atom. The third-order valence-corrected chi connectivity index (χ3v) is 3.94. The second-order valence-corrected chi connectivity index (χ2v) is 5.65. The maximum absolute atomic E-state index is 11.9. The lowest BCUT2D eigenvalue weighted by Gasteiger charge is -2.30. The van der Waals surface area contributed by atoms with E-state index in [-0.39, 0.29) is 5.91 Å². The number of carbonyl (C=O) groups excluding carboxylic acids is 1. The predicted octanol–water partition coefficient (Wildman–Crippen LogP) is 2.86. The van der Waals surface area contributed by atoms with Crippen LogP contribution in [0.5, 0.6) is 0 Å². The fourth-order valence-electron chi connectivity index (χ4n) is 2.83. The van der Waals surface area contributed by atoms with Gasteiger partial charge in [-0.3, -0.25) is 4.79 Å². The van der Waals surface area contributed by atoms with E-state index in [1.54, 1.807) is 0 Å². The average molecular weight is 280 g/mol. The topological polar surface area (TPSA) is 41.1 Å². The molecule has 108 valence electrons. The number of hydrogen-bond acceptors (Lipinski definition) is 2. The summed E-state index contributed by atoms with van der Waals surface area (Å²) in [6.45, 7) is 3.23. The zero-order valence-electron chi connectivity index (χ0n) is 12.2. The van der Waals surface area contributed by atoms with Crippen molar-refractivity contribution in [2.24, 2.45) is 0 Å². The van der Waals surface area contributed by atoms with Crippen molar-refractivity contribution in [1.29, 1.82) is 0 Å².